The molecule has 2 aromatic rings. The van der Waals surface area contributed by atoms with Crippen LogP contribution >= 0.6 is 0 Å². The van der Waals surface area contributed by atoms with E-state index in [-0.39, 0.29) is 12.0 Å². The van der Waals surface area contributed by atoms with Gasteiger partial charge in [-0.2, -0.15) is 0 Å². The molecule has 0 bridgehead atoms. The molecule has 0 spiro atoms. The van der Waals surface area contributed by atoms with E-state index in [0.717, 1.165) is 11.3 Å². The van der Waals surface area contributed by atoms with E-state index in [1.54, 1.807) is 12.3 Å². The van der Waals surface area contributed by atoms with Gasteiger partial charge in [0.25, 0.3) is 5.82 Å². The van der Waals surface area contributed by atoms with Crippen LogP contribution in [-0.2, 0) is 0 Å². The van der Waals surface area contributed by atoms with E-state index < -0.39 is 0 Å². The molecule has 1 aromatic carbocycles. The van der Waals surface area contributed by atoms with Gasteiger partial charge in [0.2, 0.25) is 0 Å². The SMILES string of the molecule is [C-]#[N+]c1ccc(C(C)c2ccc(OC(C)C)cc2)cn1. The standard InChI is InChI=1S/C17H18N2O/c1-12(2)20-16-8-5-14(6-9-16)13(3)15-7-10-17(18-4)19-11-15/h5-13H,1-3H3. The van der Waals surface area contributed by atoms with Crippen molar-refractivity contribution in [3.05, 3.63) is 65.1 Å². The molecule has 1 aromatic heterocycles. The summed E-state index contributed by atoms with van der Waals surface area (Å²) in [5.74, 6) is 1.56. The van der Waals surface area contributed by atoms with Crippen LogP contribution in [0.5, 0.6) is 5.75 Å². The molecular weight excluding hydrogens is 248 g/mol. The van der Waals surface area contributed by atoms with Gasteiger partial charge in [0.05, 0.1) is 6.10 Å². The van der Waals surface area contributed by atoms with Crippen LogP contribution in [0.4, 0.5) is 5.82 Å². The second kappa shape index (κ2) is 6.21. The molecule has 0 aliphatic heterocycles. The Morgan fingerprint density at radius 1 is 1.00 bits per heavy atom. The zero-order valence-corrected chi connectivity index (χ0v) is 12.0. The van der Waals surface area contributed by atoms with Gasteiger partial charge in [0, 0.05) is 5.92 Å². The predicted octanol–water partition coefficient (Wildman–Crippen LogP) is 4.57. The molecule has 0 amide bonds. The van der Waals surface area contributed by atoms with E-state index in [4.69, 9.17) is 11.3 Å². The zero-order chi connectivity index (χ0) is 14.5. The van der Waals surface area contributed by atoms with Crippen molar-refractivity contribution in [2.75, 3.05) is 0 Å². The summed E-state index contributed by atoms with van der Waals surface area (Å²) < 4.78 is 5.64. The first kappa shape index (κ1) is 14.1. The second-order valence-electron chi connectivity index (χ2n) is 5.02. The van der Waals surface area contributed by atoms with Gasteiger partial charge in [-0.25, -0.2) is 0 Å². The Morgan fingerprint density at radius 3 is 2.15 bits per heavy atom. The predicted molar refractivity (Wildman–Crippen MR) is 80.2 cm³/mol. The van der Waals surface area contributed by atoms with Gasteiger partial charge in [-0.15, -0.1) is 4.98 Å². The summed E-state index contributed by atoms with van der Waals surface area (Å²) in [6.45, 7) is 13.1. The van der Waals surface area contributed by atoms with E-state index in [9.17, 15) is 0 Å². The smallest absolute Gasteiger partial charge is 0.269 e. The van der Waals surface area contributed by atoms with Crippen molar-refractivity contribution in [2.24, 2.45) is 0 Å². The maximum Gasteiger partial charge on any atom is 0.269 e. The van der Waals surface area contributed by atoms with Gasteiger partial charge in [-0.05, 0) is 43.2 Å². The molecule has 0 fully saturated rings. The number of pyridine rings is 1. The highest BCUT2D eigenvalue weighted by Gasteiger charge is 2.10. The number of rotatable bonds is 4. The van der Waals surface area contributed by atoms with Crippen molar-refractivity contribution in [3.8, 4) is 5.75 Å². The van der Waals surface area contributed by atoms with Crippen molar-refractivity contribution in [1.82, 2.24) is 4.98 Å². The lowest BCUT2D eigenvalue weighted by molar-refractivity contribution is 0.242. The van der Waals surface area contributed by atoms with E-state index >= 15 is 0 Å². The molecule has 1 atom stereocenters. The number of nitrogens with zero attached hydrogens (tertiary/aromatic N) is 2. The molecule has 3 nitrogen and oxygen atoms in total. The van der Waals surface area contributed by atoms with Crippen LogP contribution in [0.15, 0.2) is 42.6 Å². The molecule has 102 valence electrons. The number of ether oxygens (including phenoxy) is 1. The summed E-state index contributed by atoms with van der Waals surface area (Å²) in [6.07, 6.45) is 1.96. The van der Waals surface area contributed by atoms with Gasteiger partial charge >= 0.3 is 0 Å². The van der Waals surface area contributed by atoms with Crippen LogP contribution in [0.2, 0.25) is 0 Å². The van der Waals surface area contributed by atoms with Gasteiger partial charge in [0.1, 0.15) is 11.9 Å². The molecule has 0 aliphatic rings. The second-order valence-corrected chi connectivity index (χ2v) is 5.02. The number of benzene rings is 1. The summed E-state index contributed by atoms with van der Waals surface area (Å²) in [5, 5.41) is 0. The van der Waals surface area contributed by atoms with E-state index in [1.807, 2.05) is 32.0 Å². The third-order valence-corrected chi connectivity index (χ3v) is 3.14. The van der Waals surface area contributed by atoms with E-state index in [1.165, 1.54) is 5.56 Å². The maximum absolute atomic E-state index is 6.91. The maximum atomic E-state index is 6.91. The van der Waals surface area contributed by atoms with Crippen LogP contribution in [0, 0.1) is 6.57 Å². The zero-order valence-electron chi connectivity index (χ0n) is 12.0. The Morgan fingerprint density at radius 2 is 1.65 bits per heavy atom. The first-order valence-corrected chi connectivity index (χ1v) is 6.70. The number of hydrogen-bond donors (Lipinski definition) is 0. The molecule has 0 N–H and O–H groups in total. The van der Waals surface area contributed by atoms with Crippen LogP contribution in [0.25, 0.3) is 4.85 Å². The van der Waals surface area contributed by atoms with Gasteiger partial charge in [-0.1, -0.05) is 31.7 Å². The molecule has 1 unspecified atom stereocenters. The Hall–Kier alpha value is -2.34. The summed E-state index contributed by atoms with van der Waals surface area (Å²) in [4.78, 5) is 7.43. The highest BCUT2D eigenvalue weighted by molar-refractivity contribution is 5.40. The molecule has 2 rings (SSSR count). The Labute approximate surface area is 120 Å². The van der Waals surface area contributed by atoms with E-state index in [2.05, 4.69) is 28.9 Å². The largest absolute Gasteiger partial charge is 0.491 e. The summed E-state index contributed by atoms with van der Waals surface area (Å²) in [7, 11) is 0. The Balaban J connectivity index is 2.15. The Bertz CT molecular complexity index is 594. The Kier molecular flexibility index (Phi) is 4.37. The fraction of sp³-hybridized carbons (Fsp3) is 0.294. The van der Waals surface area contributed by atoms with Crippen LogP contribution < -0.4 is 4.74 Å². The molecule has 0 radical (unpaired) electrons. The topological polar surface area (TPSA) is 26.5 Å². The minimum atomic E-state index is 0.184. The lowest BCUT2D eigenvalue weighted by Crippen LogP contribution is -2.05. The average Bonchev–Trinajstić information content (AvgIpc) is 2.47. The molecule has 0 aliphatic carbocycles. The van der Waals surface area contributed by atoms with Crippen LogP contribution in [0.3, 0.4) is 0 Å². The number of aromatic nitrogens is 1. The van der Waals surface area contributed by atoms with Crippen molar-refractivity contribution >= 4 is 5.82 Å². The highest BCUT2D eigenvalue weighted by atomic mass is 16.5. The van der Waals surface area contributed by atoms with Gasteiger partial charge in [0.15, 0.2) is 0 Å². The first-order valence-electron chi connectivity index (χ1n) is 6.70. The minimum Gasteiger partial charge on any atom is -0.491 e. The minimum absolute atomic E-state index is 0.184. The van der Waals surface area contributed by atoms with Crippen LogP contribution in [0.1, 0.15) is 37.8 Å². The molecule has 3 heteroatoms. The van der Waals surface area contributed by atoms with Gasteiger partial charge < -0.3 is 9.58 Å². The van der Waals surface area contributed by atoms with Crippen molar-refractivity contribution in [2.45, 2.75) is 32.8 Å². The number of hydrogen-bond acceptors (Lipinski definition) is 2. The monoisotopic (exact) mass is 266 g/mol. The van der Waals surface area contributed by atoms with Gasteiger partial charge in [-0.3, -0.25) is 0 Å². The first-order chi connectivity index (χ1) is 9.60. The fourth-order valence-corrected chi connectivity index (χ4v) is 2.02. The summed E-state index contributed by atoms with van der Waals surface area (Å²) in [5.41, 5.74) is 2.31. The third-order valence-electron chi connectivity index (χ3n) is 3.14. The molecule has 20 heavy (non-hydrogen) atoms. The molecule has 1 heterocycles. The van der Waals surface area contributed by atoms with Crippen molar-refractivity contribution in [1.29, 1.82) is 0 Å². The van der Waals surface area contributed by atoms with Crippen LogP contribution in [-0.4, -0.2) is 11.1 Å². The quantitative estimate of drug-likeness (QED) is 0.758. The van der Waals surface area contributed by atoms with Crippen molar-refractivity contribution in [3.63, 3.8) is 0 Å². The fourth-order valence-electron chi connectivity index (χ4n) is 2.02. The van der Waals surface area contributed by atoms with Crippen molar-refractivity contribution < 1.29 is 4.74 Å². The normalized spacial score (nSPS) is 11.9. The summed E-state index contributed by atoms with van der Waals surface area (Å²) >= 11 is 0. The molecular formula is C17H18N2O. The van der Waals surface area contributed by atoms with E-state index in [0.29, 0.717) is 5.82 Å². The highest BCUT2D eigenvalue weighted by Crippen LogP contribution is 2.26. The third kappa shape index (κ3) is 3.36. The molecule has 0 saturated heterocycles. The summed E-state index contributed by atoms with van der Waals surface area (Å²) in [6, 6.07) is 11.9. The average molecular weight is 266 g/mol. The lowest BCUT2D eigenvalue weighted by atomic mass is 9.94. The lowest BCUT2D eigenvalue weighted by Gasteiger charge is -2.13. The molecule has 0 saturated carbocycles.